The van der Waals surface area contributed by atoms with E-state index in [4.69, 9.17) is 4.74 Å². The average Bonchev–Trinajstić information content (AvgIpc) is 2.98. The van der Waals surface area contributed by atoms with Gasteiger partial charge in [0.1, 0.15) is 5.60 Å². The molecular weight excluding hydrogens is 338 g/mol. The molecule has 0 unspecified atom stereocenters. The highest BCUT2D eigenvalue weighted by Gasteiger charge is 2.32. The van der Waals surface area contributed by atoms with Crippen molar-refractivity contribution in [3.05, 3.63) is 24.3 Å². The number of imidazole rings is 1. The number of carbonyl (C=O) groups excluding carboxylic acids is 1. The molecule has 1 fully saturated rings. The highest BCUT2D eigenvalue weighted by molar-refractivity contribution is 7.84. The zero-order valence-corrected chi connectivity index (χ0v) is 15.8. The second kappa shape index (κ2) is 7.15. The maximum Gasteiger partial charge on any atom is 0.410 e. The Morgan fingerprint density at radius 3 is 2.84 bits per heavy atom. The summed E-state index contributed by atoms with van der Waals surface area (Å²) in [6.07, 6.45) is 2.50. The topological polar surface area (TPSA) is 75.3 Å². The minimum Gasteiger partial charge on any atom is -0.444 e. The van der Waals surface area contributed by atoms with Crippen LogP contribution in [0.5, 0.6) is 0 Å². The van der Waals surface area contributed by atoms with Gasteiger partial charge in [-0.2, -0.15) is 0 Å². The van der Waals surface area contributed by atoms with E-state index in [1.165, 1.54) is 0 Å². The Morgan fingerprint density at radius 1 is 1.36 bits per heavy atom. The number of ether oxygens (including phenoxy) is 1. The predicted molar refractivity (Wildman–Crippen MR) is 97.9 cm³/mol. The van der Waals surface area contributed by atoms with Crippen molar-refractivity contribution in [3.63, 3.8) is 0 Å². The third-order valence-corrected chi connectivity index (χ3v) is 5.49. The lowest BCUT2D eigenvalue weighted by atomic mass is 10.0. The lowest BCUT2D eigenvalue weighted by Gasteiger charge is -2.36. The number of nitrogens with one attached hydrogen (secondary N) is 1. The molecule has 0 bridgehead atoms. The Morgan fingerprint density at radius 2 is 2.12 bits per heavy atom. The number of H-pyrrole nitrogens is 1. The molecule has 0 aliphatic carbocycles. The summed E-state index contributed by atoms with van der Waals surface area (Å²) in [4.78, 5) is 21.7. The van der Waals surface area contributed by atoms with Crippen LogP contribution in [0.2, 0.25) is 0 Å². The van der Waals surface area contributed by atoms with Crippen molar-refractivity contribution in [3.8, 4) is 0 Å². The summed E-state index contributed by atoms with van der Waals surface area (Å²) in [5, 5.41) is 0.468. The SMILES string of the molecule is CC(C)(C)OC(=O)N1CCCC[C@H]1C[S@](=O)c1nc2ccccc2[nH]1. The Labute approximate surface area is 150 Å². The molecule has 1 aliphatic rings. The van der Waals surface area contributed by atoms with Gasteiger partial charge in [0.15, 0.2) is 5.16 Å². The fraction of sp³-hybridized carbons (Fsp3) is 0.556. The van der Waals surface area contributed by atoms with Crippen molar-refractivity contribution in [2.45, 2.75) is 56.8 Å². The molecule has 1 aromatic carbocycles. The van der Waals surface area contributed by atoms with Gasteiger partial charge in [0, 0.05) is 12.6 Å². The van der Waals surface area contributed by atoms with Crippen molar-refractivity contribution in [2.24, 2.45) is 0 Å². The molecule has 25 heavy (non-hydrogen) atoms. The summed E-state index contributed by atoms with van der Waals surface area (Å²) < 4.78 is 18.3. The van der Waals surface area contributed by atoms with Crippen LogP contribution in [0, 0.1) is 0 Å². The fourth-order valence-electron chi connectivity index (χ4n) is 3.03. The Bertz CT molecular complexity index is 748. The Hall–Kier alpha value is -1.89. The van der Waals surface area contributed by atoms with E-state index in [1.807, 2.05) is 45.0 Å². The first kappa shape index (κ1) is 17.9. The van der Waals surface area contributed by atoms with Crippen molar-refractivity contribution >= 4 is 27.9 Å². The van der Waals surface area contributed by atoms with E-state index < -0.39 is 16.4 Å². The smallest absolute Gasteiger partial charge is 0.410 e. The van der Waals surface area contributed by atoms with E-state index >= 15 is 0 Å². The van der Waals surface area contributed by atoms with Crippen molar-refractivity contribution in [1.29, 1.82) is 0 Å². The molecule has 1 amide bonds. The van der Waals surface area contributed by atoms with Gasteiger partial charge in [-0.3, -0.25) is 4.21 Å². The summed E-state index contributed by atoms with van der Waals surface area (Å²) in [6, 6.07) is 7.54. The average molecular weight is 363 g/mol. The van der Waals surface area contributed by atoms with Crippen LogP contribution in [0.15, 0.2) is 29.4 Å². The van der Waals surface area contributed by atoms with Crippen LogP contribution < -0.4 is 0 Å². The van der Waals surface area contributed by atoms with Crippen molar-refractivity contribution in [1.82, 2.24) is 14.9 Å². The Balaban J connectivity index is 1.72. The van der Waals surface area contributed by atoms with Crippen LogP contribution >= 0.6 is 0 Å². The maximum atomic E-state index is 12.8. The van der Waals surface area contributed by atoms with Gasteiger partial charge < -0.3 is 14.6 Å². The minimum absolute atomic E-state index is 0.0855. The van der Waals surface area contributed by atoms with Gasteiger partial charge in [0.25, 0.3) is 0 Å². The third kappa shape index (κ3) is 4.39. The summed E-state index contributed by atoms with van der Waals surface area (Å²) in [5.41, 5.74) is 1.15. The number of likely N-dealkylation sites (tertiary alicyclic amines) is 1. The summed E-state index contributed by atoms with van der Waals surface area (Å²) in [5.74, 6) is 0.374. The number of hydrogen-bond donors (Lipinski definition) is 1. The lowest BCUT2D eigenvalue weighted by molar-refractivity contribution is 0.0125. The number of para-hydroxylation sites is 2. The molecule has 0 saturated carbocycles. The molecule has 1 saturated heterocycles. The van der Waals surface area contributed by atoms with Crippen LogP contribution in [0.3, 0.4) is 0 Å². The monoisotopic (exact) mass is 363 g/mol. The molecule has 1 aliphatic heterocycles. The van der Waals surface area contributed by atoms with Gasteiger partial charge >= 0.3 is 6.09 Å². The first-order valence-corrected chi connectivity index (χ1v) is 9.98. The van der Waals surface area contributed by atoms with Crippen LogP contribution in [0.4, 0.5) is 4.79 Å². The molecule has 2 atom stereocenters. The summed E-state index contributed by atoms with van der Waals surface area (Å²) in [7, 11) is -1.29. The normalized spacial score (nSPS) is 19.8. The van der Waals surface area contributed by atoms with Gasteiger partial charge in [-0.1, -0.05) is 12.1 Å². The van der Waals surface area contributed by atoms with Crippen LogP contribution in [0.1, 0.15) is 40.0 Å². The first-order chi connectivity index (χ1) is 11.8. The molecular formula is C18H25N3O3S. The number of rotatable bonds is 3. The number of amides is 1. The zero-order chi connectivity index (χ0) is 18.0. The predicted octanol–water partition coefficient (Wildman–Crippen LogP) is 3.46. The fourth-order valence-corrected chi connectivity index (χ4v) is 4.30. The number of benzene rings is 1. The maximum absolute atomic E-state index is 12.8. The summed E-state index contributed by atoms with van der Waals surface area (Å²) >= 11 is 0. The molecule has 0 spiro atoms. The van der Waals surface area contributed by atoms with Gasteiger partial charge in [-0.25, -0.2) is 9.78 Å². The molecule has 3 rings (SSSR count). The summed E-state index contributed by atoms with van der Waals surface area (Å²) in [6.45, 7) is 6.22. The largest absolute Gasteiger partial charge is 0.444 e. The van der Waals surface area contributed by atoms with Gasteiger partial charge in [-0.15, -0.1) is 0 Å². The number of hydrogen-bond acceptors (Lipinski definition) is 4. The van der Waals surface area contributed by atoms with E-state index in [9.17, 15) is 9.00 Å². The van der Waals surface area contributed by atoms with Gasteiger partial charge in [-0.05, 0) is 52.2 Å². The van der Waals surface area contributed by atoms with Crippen LogP contribution in [-0.2, 0) is 15.5 Å². The molecule has 136 valence electrons. The van der Waals surface area contributed by atoms with Gasteiger partial charge in [0.2, 0.25) is 0 Å². The second-order valence-electron chi connectivity index (χ2n) is 7.39. The Kier molecular flexibility index (Phi) is 5.13. The van der Waals surface area contributed by atoms with Gasteiger partial charge in [0.05, 0.1) is 27.6 Å². The molecule has 1 N–H and O–H groups in total. The van der Waals surface area contributed by atoms with Crippen molar-refractivity contribution in [2.75, 3.05) is 12.3 Å². The molecule has 7 heteroatoms. The van der Waals surface area contributed by atoms with Crippen molar-refractivity contribution < 1.29 is 13.7 Å². The number of carbonyl (C=O) groups is 1. The minimum atomic E-state index is -1.29. The quantitative estimate of drug-likeness (QED) is 0.906. The van der Waals surface area contributed by atoms with Crippen LogP contribution in [0.25, 0.3) is 11.0 Å². The number of piperidine rings is 1. The first-order valence-electron chi connectivity index (χ1n) is 8.66. The number of aromatic nitrogens is 2. The van der Waals surface area contributed by atoms with E-state index in [2.05, 4.69) is 9.97 Å². The standard InChI is InChI=1S/C18H25N3O3S/c1-18(2,3)24-17(22)21-11-7-6-8-13(21)12-25(23)16-19-14-9-4-5-10-15(14)20-16/h4-5,9-10,13H,6-8,11-12H2,1-3H3,(H,19,20)/t13-,25-/m0/s1. The third-order valence-electron chi connectivity index (χ3n) is 4.18. The number of fused-ring (bicyclic) bond motifs is 1. The second-order valence-corrected chi connectivity index (χ2v) is 8.81. The van der Waals surface area contributed by atoms with E-state index in [0.717, 1.165) is 30.3 Å². The van der Waals surface area contributed by atoms with E-state index in [1.54, 1.807) is 4.90 Å². The number of nitrogens with zero attached hydrogens (tertiary/aromatic N) is 2. The van der Waals surface area contributed by atoms with E-state index in [-0.39, 0.29) is 12.1 Å². The molecule has 0 radical (unpaired) electrons. The lowest BCUT2D eigenvalue weighted by Crippen LogP contribution is -2.48. The van der Waals surface area contributed by atoms with Crippen LogP contribution in [-0.4, -0.2) is 49.1 Å². The highest BCUT2D eigenvalue weighted by atomic mass is 32.2. The molecule has 1 aromatic heterocycles. The molecule has 6 nitrogen and oxygen atoms in total. The number of aromatic amines is 1. The zero-order valence-electron chi connectivity index (χ0n) is 14.9. The molecule has 2 heterocycles. The highest BCUT2D eigenvalue weighted by Crippen LogP contribution is 2.22. The molecule has 2 aromatic rings. The van der Waals surface area contributed by atoms with E-state index in [0.29, 0.717) is 17.5 Å².